The summed E-state index contributed by atoms with van der Waals surface area (Å²) in [6, 6.07) is 6.65. The van der Waals surface area contributed by atoms with Crippen molar-refractivity contribution in [1.82, 2.24) is 5.32 Å². The second kappa shape index (κ2) is 7.59. The van der Waals surface area contributed by atoms with E-state index < -0.39 is 11.4 Å². The van der Waals surface area contributed by atoms with Gasteiger partial charge in [-0.05, 0) is 30.4 Å². The highest BCUT2D eigenvalue weighted by Crippen LogP contribution is 2.30. The van der Waals surface area contributed by atoms with E-state index in [9.17, 15) is 19.5 Å². The maximum Gasteiger partial charge on any atom is 0.253 e. The molecule has 0 aliphatic carbocycles. The summed E-state index contributed by atoms with van der Waals surface area (Å²) in [4.78, 5) is 34.7. The molecule has 0 spiro atoms. The van der Waals surface area contributed by atoms with E-state index in [-0.39, 0.29) is 24.7 Å². The summed E-state index contributed by atoms with van der Waals surface area (Å²) in [6.07, 6.45) is 0.388. The number of anilines is 1. The summed E-state index contributed by atoms with van der Waals surface area (Å²) in [5.74, 6) is -1.81. The molecule has 2 amide bonds. The van der Waals surface area contributed by atoms with Crippen LogP contribution in [-0.4, -0.2) is 24.8 Å². The number of amides is 2. The van der Waals surface area contributed by atoms with Gasteiger partial charge in [-0.25, -0.2) is 0 Å². The number of hydrogen-bond donors (Lipinski definition) is 2. The highest BCUT2D eigenvalue weighted by molar-refractivity contribution is 6.03. The summed E-state index contributed by atoms with van der Waals surface area (Å²) in [7, 11) is 1.51. The van der Waals surface area contributed by atoms with E-state index in [0.29, 0.717) is 17.7 Å². The van der Waals surface area contributed by atoms with E-state index in [0.717, 1.165) is 0 Å². The Balaban J connectivity index is 2.85. The van der Waals surface area contributed by atoms with Crippen molar-refractivity contribution >= 4 is 23.5 Å². The summed E-state index contributed by atoms with van der Waals surface area (Å²) in [5.41, 5.74) is 0.0837. The highest BCUT2D eigenvalue weighted by Gasteiger charge is 2.26. The van der Waals surface area contributed by atoms with Crippen LogP contribution in [0, 0.1) is 5.41 Å². The predicted molar refractivity (Wildman–Crippen MR) is 81.1 cm³/mol. The van der Waals surface area contributed by atoms with Gasteiger partial charge in [-0.3, -0.25) is 9.59 Å². The zero-order valence-corrected chi connectivity index (χ0v) is 13.1. The van der Waals surface area contributed by atoms with Crippen molar-refractivity contribution in [2.24, 2.45) is 5.41 Å². The SMILES string of the molecule is CC[C@](C)(CC(=O)[O-])CC(=O)Nc1ccccc1C(=O)NC. The van der Waals surface area contributed by atoms with E-state index in [1.54, 1.807) is 31.2 Å². The summed E-state index contributed by atoms with van der Waals surface area (Å²) >= 11 is 0. The lowest BCUT2D eigenvalue weighted by molar-refractivity contribution is -0.308. The van der Waals surface area contributed by atoms with Gasteiger partial charge in [-0.15, -0.1) is 0 Å². The molecule has 6 heteroatoms. The number of carboxylic acid groups (broad SMARTS) is 1. The van der Waals surface area contributed by atoms with Crippen molar-refractivity contribution in [2.45, 2.75) is 33.1 Å². The fraction of sp³-hybridized carbons (Fsp3) is 0.438. The first-order chi connectivity index (χ1) is 10.3. The number of hydrogen-bond acceptors (Lipinski definition) is 4. The molecule has 120 valence electrons. The molecule has 0 aliphatic rings. The van der Waals surface area contributed by atoms with Crippen LogP contribution in [0.15, 0.2) is 24.3 Å². The number of carbonyl (C=O) groups is 3. The Hall–Kier alpha value is -2.37. The topological polar surface area (TPSA) is 98.3 Å². The van der Waals surface area contributed by atoms with Gasteiger partial charge in [0.2, 0.25) is 5.91 Å². The Morgan fingerprint density at radius 3 is 2.36 bits per heavy atom. The van der Waals surface area contributed by atoms with E-state index in [1.807, 2.05) is 6.92 Å². The van der Waals surface area contributed by atoms with E-state index >= 15 is 0 Å². The zero-order valence-electron chi connectivity index (χ0n) is 13.1. The van der Waals surface area contributed by atoms with Gasteiger partial charge in [0, 0.05) is 19.4 Å². The van der Waals surface area contributed by atoms with Crippen LogP contribution in [0.25, 0.3) is 0 Å². The fourth-order valence-corrected chi connectivity index (χ4v) is 2.17. The maximum absolute atomic E-state index is 12.2. The van der Waals surface area contributed by atoms with Gasteiger partial charge >= 0.3 is 0 Å². The molecule has 0 fully saturated rings. The van der Waals surface area contributed by atoms with Crippen LogP contribution < -0.4 is 15.7 Å². The van der Waals surface area contributed by atoms with Crippen molar-refractivity contribution < 1.29 is 19.5 Å². The van der Waals surface area contributed by atoms with Crippen molar-refractivity contribution in [1.29, 1.82) is 0 Å². The first-order valence-corrected chi connectivity index (χ1v) is 7.12. The molecule has 0 saturated carbocycles. The molecule has 1 atom stereocenters. The number of carbonyl (C=O) groups excluding carboxylic acids is 3. The summed E-state index contributed by atoms with van der Waals surface area (Å²) < 4.78 is 0. The molecule has 0 aliphatic heterocycles. The van der Waals surface area contributed by atoms with Gasteiger partial charge in [0.15, 0.2) is 0 Å². The van der Waals surface area contributed by atoms with Gasteiger partial charge in [0.25, 0.3) is 5.91 Å². The van der Waals surface area contributed by atoms with Crippen molar-refractivity contribution in [3.8, 4) is 0 Å². The molecule has 0 heterocycles. The number of rotatable bonds is 7. The van der Waals surface area contributed by atoms with Crippen LogP contribution in [0.5, 0.6) is 0 Å². The smallest absolute Gasteiger partial charge is 0.253 e. The highest BCUT2D eigenvalue weighted by atomic mass is 16.4. The van der Waals surface area contributed by atoms with Crippen LogP contribution in [-0.2, 0) is 9.59 Å². The first kappa shape index (κ1) is 17.7. The molecular weight excluding hydrogens is 284 g/mol. The minimum absolute atomic E-state index is 0.0412. The Kier molecular flexibility index (Phi) is 6.10. The van der Waals surface area contributed by atoms with Gasteiger partial charge < -0.3 is 20.5 Å². The predicted octanol–water partition coefficient (Wildman–Crippen LogP) is 0.931. The minimum Gasteiger partial charge on any atom is -0.550 e. The Morgan fingerprint density at radius 2 is 1.82 bits per heavy atom. The molecule has 6 nitrogen and oxygen atoms in total. The number of aliphatic carboxylic acids is 1. The zero-order chi connectivity index (χ0) is 16.8. The Labute approximate surface area is 129 Å². The van der Waals surface area contributed by atoms with E-state index in [1.165, 1.54) is 7.05 Å². The summed E-state index contributed by atoms with van der Waals surface area (Å²) in [6.45, 7) is 3.56. The monoisotopic (exact) mass is 305 g/mol. The number of carboxylic acids is 1. The molecule has 0 unspecified atom stereocenters. The van der Waals surface area contributed by atoms with Crippen LogP contribution in [0.2, 0.25) is 0 Å². The van der Waals surface area contributed by atoms with Crippen molar-refractivity contribution in [3.63, 3.8) is 0 Å². The maximum atomic E-state index is 12.2. The largest absolute Gasteiger partial charge is 0.550 e. The van der Waals surface area contributed by atoms with E-state index in [2.05, 4.69) is 10.6 Å². The second-order valence-electron chi connectivity index (χ2n) is 5.56. The second-order valence-corrected chi connectivity index (χ2v) is 5.56. The van der Waals surface area contributed by atoms with Gasteiger partial charge in [0.1, 0.15) is 0 Å². The minimum atomic E-state index is -1.18. The van der Waals surface area contributed by atoms with Crippen LogP contribution in [0.1, 0.15) is 43.5 Å². The van der Waals surface area contributed by atoms with Crippen LogP contribution in [0.3, 0.4) is 0 Å². The molecule has 22 heavy (non-hydrogen) atoms. The molecular formula is C16H21N2O4-. The normalized spacial score (nSPS) is 13.0. The number of para-hydroxylation sites is 1. The lowest BCUT2D eigenvalue weighted by atomic mass is 9.80. The molecule has 1 aromatic carbocycles. The average molecular weight is 305 g/mol. The van der Waals surface area contributed by atoms with Gasteiger partial charge in [0.05, 0.1) is 11.3 Å². The van der Waals surface area contributed by atoms with Crippen molar-refractivity contribution in [3.05, 3.63) is 29.8 Å². The van der Waals surface area contributed by atoms with E-state index in [4.69, 9.17) is 0 Å². The van der Waals surface area contributed by atoms with Crippen molar-refractivity contribution in [2.75, 3.05) is 12.4 Å². The fourth-order valence-electron chi connectivity index (χ4n) is 2.17. The molecule has 1 rings (SSSR count). The quantitative estimate of drug-likeness (QED) is 0.783. The molecule has 0 bridgehead atoms. The molecule has 0 saturated heterocycles. The van der Waals surface area contributed by atoms with Gasteiger partial charge in [-0.1, -0.05) is 26.0 Å². The Bertz CT molecular complexity index is 571. The molecule has 0 radical (unpaired) electrons. The third-order valence-corrected chi connectivity index (χ3v) is 3.68. The lowest BCUT2D eigenvalue weighted by Gasteiger charge is -2.28. The van der Waals surface area contributed by atoms with Crippen LogP contribution >= 0.6 is 0 Å². The first-order valence-electron chi connectivity index (χ1n) is 7.12. The average Bonchev–Trinajstić information content (AvgIpc) is 2.46. The number of nitrogens with one attached hydrogen (secondary N) is 2. The van der Waals surface area contributed by atoms with Crippen LogP contribution in [0.4, 0.5) is 5.69 Å². The molecule has 1 aromatic rings. The third-order valence-electron chi connectivity index (χ3n) is 3.68. The number of benzene rings is 1. The lowest BCUT2D eigenvalue weighted by Crippen LogP contribution is -2.33. The Morgan fingerprint density at radius 1 is 1.18 bits per heavy atom. The molecule has 0 aromatic heterocycles. The summed E-state index contributed by atoms with van der Waals surface area (Å²) in [5, 5.41) is 16.0. The third kappa shape index (κ3) is 4.87. The van der Waals surface area contributed by atoms with Gasteiger partial charge in [-0.2, -0.15) is 0 Å². The standard InChI is InChI=1S/C16H22N2O4/c1-4-16(2,10-14(20)21)9-13(19)18-12-8-6-5-7-11(12)15(22)17-3/h5-8H,4,9-10H2,1-3H3,(H,17,22)(H,18,19)(H,20,21)/p-1/t16-/m0/s1. The molecule has 2 N–H and O–H groups in total.